The molecule has 0 bridgehead atoms. The van der Waals surface area contributed by atoms with Crippen LogP contribution in [-0.2, 0) is 32.0 Å². The molecule has 2 heterocycles. The molecule has 4 aromatic rings. The molecule has 2 atom stereocenters. The maximum Gasteiger partial charge on any atom is 0.276 e. The summed E-state index contributed by atoms with van der Waals surface area (Å²) in [5, 5.41) is 20.9. The van der Waals surface area contributed by atoms with Crippen LogP contribution in [0.15, 0.2) is 97.1 Å². The number of hydrogen-bond acceptors (Lipinski definition) is 10. The second-order valence-corrected chi connectivity index (χ2v) is 13.6. The summed E-state index contributed by atoms with van der Waals surface area (Å²) in [6, 6.07) is 27.9. The molecule has 2 aliphatic rings. The summed E-state index contributed by atoms with van der Waals surface area (Å²) in [5.41, 5.74) is 9.02. The molecular weight excluding hydrogens is 681 g/mol. The van der Waals surface area contributed by atoms with Crippen molar-refractivity contribution in [1.82, 2.24) is 20.9 Å². The Balaban J connectivity index is 0.912. The van der Waals surface area contributed by atoms with E-state index in [1.165, 1.54) is 33.5 Å². The van der Waals surface area contributed by atoms with Crippen molar-refractivity contribution in [3.8, 4) is 23.0 Å². The largest absolute Gasteiger partial charge is 0.508 e. The number of phenols is 2. The number of hydrogen-bond donors (Lipinski definition) is 4. The molecule has 6 rings (SSSR count). The van der Waals surface area contributed by atoms with Crippen LogP contribution in [0.2, 0.25) is 0 Å². The molecule has 50 heavy (non-hydrogen) atoms. The third-order valence-corrected chi connectivity index (χ3v) is 10.3. The second-order valence-electron chi connectivity index (χ2n) is 11.5. The van der Waals surface area contributed by atoms with Crippen LogP contribution in [0.5, 0.6) is 23.0 Å². The molecule has 0 aromatic heterocycles. The predicted octanol–water partition coefficient (Wildman–Crippen LogP) is 4.25. The number of rotatable bonds is 13. The molecule has 4 amide bonds. The first-order chi connectivity index (χ1) is 24.2. The predicted molar refractivity (Wildman–Crippen MR) is 188 cm³/mol. The van der Waals surface area contributed by atoms with Crippen molar-refractivity contribution in [3.63, 3.8) is 0 Å². The number of aryl methyl sites for hydroxylation is 2. The van der Waals surface area contributed by atoms with E-state index in [1.54, 1.807) is 72.8 Å². The molecule has 0 saturated carbocycles. The van der Waals surface area contributed by atoms with E-state index >= 15 is 0 Å². The van der Waals surface area contributed by atoms with Gasteiger partial charge in [0.05, 0.1) is 11.5 Å². The van der Waals surface area contributed by atoms with E-state index in [1.807, 2.05) is 24.3 Å². The lowest BCUT2D eigenvalue weighted by Gasteiger charge is -2.24. The average Bonchev–Trinajstić information content (AvgIpc) is 3.67. The Hall–Kier alpha value is -5.34. The minimum absolute atomic E-state index is 0.124. The van der Waals surface area contributed by atoms with Crippen molar-refractivity contribution in [3.05, 3.63) is 119 Å². The number of carbonyl (C=O) groups is 4. The van der Waals surface area contributed by atoms with Crippen LogP contribution in [0.4, 0.5) is 0 Å². The molecule has 2 fully saturated rings. The maximum atomic E-state index is 12.6. The molecule has 0 aliphatic carbocycles. The minimum Gasteiger partial charge on any atom is -0.508 e. The highest BCUT2D eigenvalue weighted by Gasteiger charge is 2.35. The summed E-state index contributed by atoms with van der Waals surface area (Å²) in [6.07, 6.45) is 1.53. The first-order valence-corrected chi connectivity index (χ1v) is 17.8. The number of phenolic OH excluding ortho intramolecular Hbond substituents is 2. The average molecular weight is 715 g/mol. The first kappa shape index (κ1) is 34.5. The summed E-state index contributed by atoms with van der Waals surface area (Å²) >= 11 is 2.78. The number of amides is 4. The highest BCUT2D eigenvalue weighted by Crippen LogP contribution is 2.38. The van der Waals surface area contributed by atoms with Gasteiger partial charge in [-0.25, -0.2) is 10.0 Å². The highest BCUT2D eigenvalue weighted by molar-refractivity contribution is 8.00. The van der Waals surface area contributed by atoms with Crippen LogP contribution < -0.4 is 20.3 Å². The van der Waals surface area contributed by atoms with Crippen molar-refractivity contribution < 1.29 is 38.9 Å². The number of ether oxygens (including phenoxy) is 2. The molecular formula is C36H34N4O8S2. The topological polar surface area (TPSA) is 158 Å². The first-order valence-electron chi connectivity index (χ1n) is 15.7. The summed E-state index contributed by atoms with van der Waals surface area (Å²) in [5.74, 6) is 0.420. The third kappa shape index (κ3) is 8.81. The molecule has 12 nitrogen and oxygen atoms in total. The van der Waals surface area contributed by atoms with E-state index < -0.39 is 11.8 Å². The standard InChI is InChI=1S/C36H34N4O8S2/c41-27-11-7-25(8-12-27)35-39(33(45)21-49-35)37-31(43)19-47-29-15-3-23(4-16-29)1-2-24-5-17-30(18-6-24)48-20-32(44)38-40-34(46)22-50-36(40)26-9-13-28(42)14-10-26/h3-18,35-36,41-42H,1-2,19-22H2,(H,37,43)(H,38,44). The van der Waals surface area contributed by atoms with E-state index in [4.69, 9.17) is 9.47 Å². The fraction of sp³-hybridized carbons (Fsp3) is 0.222. The van der Waals surface area contributed by atoms with Gasteiger partial charge in [-0.05, 0) is 83.6 Å². The SMILES string of the molecule is O=C(COc1ccc(CCc2ccc(OCC(=O)NN3C(=O)CSC3c3ccc(O)cc3)cc2)cc1)NN1C(=O)CSC1c1ccc(O)cc1. The number of thioether (sulfide) groups is 2. The van der Waals surface area contributed by atoms with Crippen molar-refractivity contribution in [2.45, 2.75) is 23.6 Å². The highest BCUT2D eigenvalue weighted by atomic mass is 32.2. The number of carbonyl (C=O) groups excluding carboxylic acids is 4. The zero-order valence-corrected chi connectivity index (χ0v) is 28.3. The Bertz CT molecular complexity index is 1690. The van der Waals surface area contributed by atoms with Gasteiger partial charge in [0.25, 0.3) is 23.6 Å². The quantitative estimate of drug-likeness (QED) is 0.158. The Labute approximate surface area is 296 Å². The minimum atomic E-state index is -0.457. The Morgan fingerprint density at radius 1 is 0.600 bits per heavy atom. The number of benzene rings is 4. The summed E-state index contributed by atoms with van der Waals surface area (Å²) in [4.78, 5) is 50.0. The van der Waals surface area contributed by atoms with Gasteiger partial charge in [-0.2, -0.15) is 0 Å². The van der Waals surface area contributed by atoms with Crippen LogP contribution >= 0.6 is 23.5 Å². The monoisotopic (exact) mass is 714 g/mol. The lowest BCUT2D eigenvalue weighted by molar-refractivity contribution is -0.140. The molecule has 4 N–H and O–H groups in total. The molecule has 14 heteroatoms. The summed E-state index contributed by atoms with van der Waals surface area (Å²) < 4.78 is 11.3. The smallest absolute Gasteiger partial charge is 0.276 e. The van der Waals surface area contributed by atoms with Gasteiger partial charge in [0.1, 0.15) is 33.7 Å². The molecule has 258 valence electrons. The molecule has 2 aliphatic heterocycles. The second kappa shape index (κ2) is 15.9. The van der Waals surface area contributed by atoms with Gasteiger partial charge in [-0.3, -0.25) is 30.0 Å². The van der Waals surface area contributed by atoms with Crippen molar-refractivity contribution in [2.75, 3.05) is 24.7 Å². The molecule has 4 aromatic carbocycles. The van der Waals surface area contributed by atoms with Gasteiger partial charge in [0.2, 0.25) is 0 Å². The lowest BCUT2D eigenvalue weighted by atomic mass is 10.0. The van der Waals surface area contributed by atoms with E-state index in [0.29, 0.717) is 11.5 Å². The van der Waals surface area contributed by atoms with Gasteiger partial charge in [-0.1, -0.05) is 48.5 Å². The van der Waals surface area contributed by atoms with E-state index in [0.717, 1.165) is 35.1 Å². The van der Waals surface area contributed by atoms with Crippen molar-refractivity contribution >= 4 is 47.2 Å². The van der Waals surface area contributed by atoms with Gasteiger partial charge < -0.3 is 19.7 Å². The normalized spacial score (nSPS) is 17.1. The van der Waals surface area contributed by atoms with Crippen molar-refractivity contribution in [1.29, 1.82) is 0 Å². The van der Waals surface area contributed by atoms with Crippen molar-refractivity contribution in [2.24, 2.45) is 0 Å². The number of aromatic hydroxyl groups is 2. The Morgan fingerprint density at radius 2 is 0.960 bits per heavy atom. The lowest BCUT2D eigenvalue weighted by Crippen LogP contribution is -2.46. The third-order valence-electron chi connectivity index (χ3n) is 7.87. The van der Waals surface area contributed by atoms with Gasteiger partial charge >= 0.3 is 0 Å². The van der Waals surface area contributed by atoms with Crippen LogP contribution in [-0.4, -0.2) is 68.6 Å². The zero-order chi connectivity index (χ0) is 35.0. The summed E-state index contributed by atoms with van der Waals surface area (Å²) in [6.45, 7) is -0.524. The number of nitrogens with zero attached hydrogens (tertiary/aromatic N) is 2. The molecule has 0 radical (unpaired) electrons. The van der Waals surface area contributed by atoms with E-state index in [9.17, 15) is 29.4 Å². The number of hydrazine groups is 2. The van der Waals surface area contributed by atoms with Gasteiger partial charge in [-0.15, -0.1) is 23.5 Å². The van der Waals surface area contributed by atoms with Gasteiger partial charge in [0.15, 0.2) is 13.2 Å². The maximum absolute atomic E-state index is 12.6. The van der Waals surface area contributed by atoms with Gasteiger partial charge in [0, 0.05) is 0 Å². The van der Waals surface area contributed by atoms with Crippen LogP contribution in [0, 0.1) is 0 Å². The molecule has 2 unspecified atom stereocenters. The van der Waals surface area contributed by atoms with E-state index in [2.05, 4.69) is 10.9 Å². The van der Waals surface area contributed by atoms with Crippen LogP contribution in [0.1, 0.15) is 33.0 Å². The zero-order valence-electron chi connectivity index (χ0n) is 26.7. The summed E-state index contributed by atoms with van der Waals surface area (Å²) in [7, 11) is 0. The Kier molecular flexibility index (Phi) is 11.0. The molecule has 0 spiro atoms. The Morgan fingerprint density at radius 3 is 1.32 bits per heavy atom. The molecule has 2 saturated heterocycles. The number of nitrogens with one attached hydrogen (secondary N) is 2. The van der Waals surface area contributed by atoms with Crippen LogP contribution in [0.25, 0.3) is 0 Å². The van der Waals surface area contributed by atoms with E-state index in [-0.39, 0.29) is 58.8 Å². The fourth-order valence-corrected chi connectivity index (χ4v) is 7.50. The van der Waals surface area contributed by atoms with Crippen LogP contribution in [0.3, 0.4) is 0 Å². The fourth-order valence-electron chi connectivity index (χ4n) is 5.28.